The van der Waals surface area contributed by atoms with Crippen LogP contribution in [0.4, 0.5) is 5.00 Å². The number of rotatable bonds is 5. The van der Waals surface area contributed by atoms with Crippen molar-refractivity contribution in [2.24, 2.45) is 5.73 Å². The molecule has 5 nitrogen and oxygen atoms in total. The molecule has 3 rings (SSSR count). The third kappa shape index (κ3) is 4.51. The number of hydrogen-bond acceptors (Lipinski definition) is 4. The molecule has 1 aliphatic carbocycles. The summed E-state index contributed by atoms with van der Waals surface area (Å²) in [5.74, 6) is -0.337. The number of hydrogen-bond donors (Lipinski definition) is 3. The number of carbonyl (C=O) groups is 2. The Labute approximate surface area is 158 Å². The smallest absolute Gasteiger partial charge is 0.256 e. The Balaban J connectivity index is 1.63. The molecular weight excluding hydrogens is 346 g/mol. The Morgan fingerprint density at radius 3 is 2.42 bits per heavy atom. The molecule has 0 aliphatic heterocycles. The maximum atomic E-state index is 12.6. The summed E-state index contributed by atoms with van der Waals surface area (Å²) in [6.07, 6.45) is 4.62. The van der Waals surface area contributed by atoms with Crippen LogP contribution in [-0.2, 0) is 6.42 Å². The summed E-state index contributed by atoms with van der Waals surface area (Å²) < 4.78 is 0. The first-order valence-corrected chi connectivity index (χ1v) is 9.99. The van der Waals surface area contributed by atoms with Gasteiger partial charge in [-0.25, -0.2) is 0 Å². The van der Waals surface area contributed by atoms with Crippen LogP contribution in [0.1, 0.15) is 58.9 Å². The molecule has 1 fully saturated rings. The fourth-order valence-electron chi connectivity index (χ4n) is 3.18. The maximum Gasteiger partial charge on any atom is 0.256 e. The Morgan fingerprint density at radius 2 is 1.77 bits per heavy atom. The van der Waals surface area contributed by atoms with E-state index in [1.807, 2.05) is 29.6 Å². The molecule has 4 N–H and O–H groups in total. The van der Waals surface area contributed by atoms with Crippen molar-refractivity contribution in [2.75, 3.05) is 5.32 Å². The molecule has 1 heterocycles. The Bertz CT molecular complexity index is 762. The summed E-state index contributed by atoms with van der Waals surface area (Å²) >= 11 is 1.36. The monoisotopic (exact) mass is 371 g/mol. The molecule has 138 valence electrons. The molecule has 0 atom stereocenters. The average molecular weight is 372 g/mol. The number of nitrogens with one attached hydrogen (secondary N) is 2. The molecule has 0 bridgehead atoms. The minimum Gasteiger partial charge on any atom is -0.349 e. The van der Waals surface area contributed by atoms with Crippen molar-refractivity contribution >= 4 is 28.2 Å². The standard InChI is InChI=1S/C20H25N3O2S/c1-2-13-3-5-14(6-4-13)18(24)23-20-17(11-12-26-20)19(25)22-16-9-7-15(21)8-10-16/h3-6,11-12,15-16H,2,7-10,21H2,1H3,(H,22,25)(H,23,24). The molecular formula is C20H25N3O2S. The molecule has 0 radical (unpaired) electrons. The van der Waals surface area contributed by atoms with Gasteiger partial charge in [-0.15, -0.1) is 11.3 Å². The van der Waals surface area contributed by atoms with Gasteiger partial charge in [-0.2, -0.15) is 0 Å². The second-order valence-electron chi connectivity index (χ2n) is 6.75. The number of benzene rings is 1. The molecule has 0 spiro atoms. The third-order valence-corrected chi connectivity index (χ3v) is 5.70. The van der Waals surface area contributed by atoms with E-state index in [1.54, 1.807) is 6.07 Å². The number of aryl methyl sites for hydroxylation is 1. The van der Waals surface area contributed by atoms with Crippen LogP contribution in [0.5, 0.6) is 0 Å². The lowest BCUT2D eigenvalue weighted by Gasteiger charge is -2.26. The molecule has 0 saturated heterocycles. The molecule has 6 heteroatoms. The largest absolute Gasteiger partial charge is 0.349 e. The van der Waals surface area contributed by atoms with Crippen LogP contribution in [0.3, 0.4) is 0 Å². The highest BCUT2D eigenvalue weighted by Gasteiger charge is 2.22. The van der Waals surface area contributed by atoms with Crippen LogP contribution < -0.4 is 16.4 Å². The first-order chi connectivity index (χ1) is 12.6. The van der Waals surface area contributed by atoms with Gasteiger partial charge >= 0.3 is 0 Å². The first-order valence-electron chi connectivity index (χ1n) is 9.11. The number of carbonyl (C=O) groups excluding carboxylic acids is 2. The Hall–Kier alpha value is -2.18. The van der Waals surface area contributed by atoms with Gasteiger partial charge < -0.3 is 16.4 Å². The van der Waals surface area contributed by atoms with E-state index < -0.39 is 0 Å². The minimum atomic E-state index is -0.201. The van der Waals surface area contributed by atoms with Crippen LogP contribution >= 0.6 is 11.3 Å². The molecule has 26 heavy (non-hydrogen) atoms. The predicted octanol–water partition coefficient (Wildman–Crippen LogP) is 3.56. The highest BCUT2D eigenvalue weighted by molar-refractivity contribution is 7.14. The lowest BCUT2D eigenvalue weighted by Crippen LogP contribution is -2.40. The Kier molecular flexibility index (Phi) is 6.06. The van der Waals surface area contributed by atoms with E-state index in [9.17, 15) is 9.59 Å². The quantitative estimate of drug-likeness (QED) is 0.751. The molecule has 0 unspecified atom stereocenters. The molecule has 1 aromatic heterocycles. The van der Waals surface area contributed by atoms with E-state index in [2.05, 4.69) is 17.6 Å². The summed E-state index contributed by atoms with van der Waals surface area (Å²) in [6.45, 7) is 2.08. The van der Waals surface area contributed by atoms with Crippen LogP contribution in [-0.4, -0.2) is 23.9 Å². The van der Waals surface area contributed by atoms with Crippen molar-refractivity contribution < 1.29 is 9.59 Å². The molecule has 1 aliphatic rings. The van der Waals surface area contributed by atoms with Gasteiger partial charge in [-0.05, 0) is 61.2 Å². The number of thiophene rings is 1. The lowest BCUT2D eigenvalue weighted by molar-refractivity contribution is 0.0927. The second-order valence-corrected chi connectivity index (χ2v) is 7.67. The minimum absolute atomic E-state index is 0.136. The van der Waals surface area contributed by atoms with Crippen molar-refractivity contribution in [2.45, 2.75) is 51.1 Å². The summed E-state index contributed by atoms with van der Waals surface area (Å²) in [5, 5.41) is 8.34. The third-order valence-electron chi connectivity index (χ3n) is 4.87. The summed E-state index contributed by atoms with van der Waals surface area (Å²) in [6, 6.07) is 9.69. The van der Waals surface area contributed by atoms with E-state index in [1.165, 1.54) is 16.9 Å². The zero-order chi connectivity index (χ0) is 18.5. The molecule has 2 amide bonds. The van der Waals surface area contributed by atoms with Gasteiger partial charge in [0.25, 0.3) is 11.8 Å². The Morgan fingerprint density at radius 1 is 1.08 bits per heavy atom. The van der Waals surface area contributed by atoms with E-state index in [0.29, 0.717) is 16.1 Å². The van der Waals surface area contributed by atoms with Crippen molar-refractivity contribution in [3.05, 3.63) is 52.4 Å². The van der Waals surface area contributed by atoms with E-state index in [4.69, 9.17) is 5.73 Å². The normalized spacial score (nSPS) is 19.8. The van der Waals surface area contributed by atoms with Crippen LogP contribution in [0.15, 0.2) is 35.7 Å². The van der Waals surface area contributed by atoms with Crippen LogP contribution in [0.2, 0.25) is 0 Å². The van der Waals surface area contributed by atoms with Gasteiger partial charge in [0.1, 0.15) is 5.00 Å². The molecule has 1 aromatic carbocycles. The van der Waals surface area contributed by atoms with Gasteiger partial charge in [0, 0.05) is 17.6 Å². The van der Waals surface area contributed by atoms with E-state index in [0.717, 1.165) is 32.1 Å². The molecule has 2 aromatic rings. The first kappa shape index (κ1) is 18.6. The lowest BCUT2D eigenvalue weighted by atomic mass is 9.92. The van der Waals surface area contributed by atoms with Crippen molar-refractivity contribution in [1.82, 2.24) is 5.32 Å². The second kappa shape index (κ2) is 8.47. The number of amides is 2. The highest BCUT2D eigenvalue weighted by Crippen LogP contribution is 2.25. The van der Waals surface area contributed by atoms with Crippen molar-refractivity contribution in [3.8, 4) is 0 Å². The van der Waals surface area contributed by atoms with Gasteiger partial charge in [0.05, 0.1) is 5.56 Å². The fraction of sp³-hybridized carbons (Fsp3) is 0.400. The summed E-state index contributed by atoms with van der Waals surface area (Å²) in [7, 11) is 0. The van der Waals surface area contributed by atoms with Gasteiger partial charge in [-0.1, -0.05) is 19.1 Å². The van der Waals surface area contributed by atoms with Crippen LogP contribution in [0.25, 0.3) is 0 Å². The van der Waals surface area contributed by atoms with Gasteiger partial charge in [0.15, 0.2) is 0 Å². The number of nitrogens with two attached hydrogens (primary N) is 1. The summed E-state index contributed by atoms with van der Waals surface area (Å²) in [4.78, 5) is 25.1. The average Bonchev–Trinajstić information content (AvgIpc) is 3.12. The summed E-state index contributed by atoms with van der Waals surface area (Å²) in [5.41, 5.74) is 8.20. The van der Waals surface area contributed by atoms with Crippen LogP contribution in [0, 0.1) is 0 Å². The predicted molar refractivity (Wildman–Crippen MR) is 106 cm³/mol. The zero-order valence-corrected chi connectivity index (χ0v) is 15.8. The molecule has 1 saturated carbocycles. The fourth-order valence-corrected chi connectivity index (χ4v) is 3.96. The topological polar surface area (TPSA) is 84.2 Å². The number of anilines is 1. The van der Waals surface area contributed by atoms with Crippen molar-refractivity contribution in [3.63, 3.8) is 0 Å². The maximum absolute atomic E-state index is 12.6. The van der Waals surface area contributed by atoms with Gasteiger partial charge in [0.2, 0.25) is 0 Å². The SMILES string of the molecule is CCc1ccc(C(=O)Nc2sccc2C(=O)NC2CCC(N)CC2)cc1. The van der Waals surface area contributed by atoms with Crippen molar-refractivity contribution in [1.29, 1.82) is 0 Å². The van der Waals surface area contributed by atoms with Gasteiger partial charge in [-0.3, -0.25) is 9.59 Å². The van der Waals surface area contributed by atoms with E-state index in [-0.39, 0.29) is 23.9 Å². The van der Waals surface area contributed by atoms with E-state index >= 15 is 0 Å². The highest BCUT2D eigenvalue weighted by atomic mass is 32.1. The zero-order valence-electron chi connectivity index (χ0n) is 15.0.